The van der Waals surface area contributed by atoms with Gasteiger partial charge in [0.05, 0.1) is 25.2 Å². The number of esters is 2. The van der Waals surface area contributed by atoms with Gasteiger partial charge in [-0.2, -0.15) is 0 Å². The fraction of sp³-hybridized carbons (Fsp3) is 0.429. The van der Waals surface area contributed by atoms with Crippen molar-refractivity contribution in [2.75, 3.05) is 14.2 Å². The van der Waals surface area contributed by atoms with Crippen molar-refractivity contribution in [3.05, 3.63) is 35.4 Å². The van der Waals surface area contributed by atoms with Crippen LogP contribution in [-0.4, -0.2) is 26.2 Å². The predicted octanol–water partition coefficient (Wildman–Crippen LogP) is 2.09. The fourth-order valence-electron chi connectivity index (χ4n) is 1.78. The van der Waals surface area contributed by atoms with E-state index in [0.29, 0.717) is 11.1 Å². The van der Waals surface area contributed by atoms with Crippen LogP contribution in [0.3, 0.4) is 0 Å². The van der Waals surface area contributed by atoms with Gasteiger partial charge < -0.3 is 15.2 Å². The molecular formula is C14H20ClNO4. The molecule has 5 nitrogen and oxygen atoms in total. The normalized spacial score (nSPS) is 12.1. The summed E-state index contributed by atoms with van der Waals surface area (Å²) < 4.78 is 9.40. The minimum absolute atomic E-state index is 0. The van der Waals surface area contributed by atoms with Crippen LogP contribution in [-0.2, 0) is 14.3 Å². The highest BCUT2D eigenvalue weighted by Gasteiger charge is 2.36. The van der Waals surface area contributed by atoms with Crippen molar-refractivity contribution in [2.45, 2.75) is 19.9 Å². The zero-order valence-corrected chi connectivity index (χ0v) is 12.8. The summed E-state index contributed by atoms with van der Waals surface area (Å²) in [6.07, 6.45) is 0. The maximum atomic E-state index is 11.7. The topological polar surface area (TPSA) is 78.6 Å². The van der Waals surface area contributed by atoms with Gasteiger partial charge in [0.15, 0.2) is 0 Å². The standard InChI is InChI=1S/C14H19NO4.ClH/c1-14(2,13(17)19-4)11(15)9-6-5-7-10(8-9)12(16)18-3;/h5-8,11H,15H2,1-4H3;1H/t11-;/m0./s1. The molecule has 1 atom stereocenters. The molecule has 1 aromatic rings. The SMILES string of the molecule is COC(=O)c1cccc([C@H](N)C(C)(C)C(=O)OC)c1.Cl. The van der Waals surface area contributed by atoms with Crippen LogP contribution in [0.5, 0.6) is 0 Å². The molecule has 0 fully saturated rings. The third kappa shape index (κ3) is 3.71. The predicted molar refractivity (Wildman–Crippen MR) is 77.8 cm³/mol. The second-order valence-corrected chi connectivity index (χ2v) is 4.81. The minimum Gasteiger partial charge on any atom is -0.469 e. The lowest BCUT2D eigenvalue weighted by atomic mass is 9.80. The number of ether oxygens (including phenoxy) is 2. The monoisotopic (exact) mass is 301 g/mol. The number of hydrogen-bond donors (Lipinski definition) is 1. The average Bonchev–Trinajstić information content (AvgIpc) is 2.44. The van der Waals surface area contributed by atoms with Crippen molar-refractivity contribution in [1.82, 2.24) is 0 Å². The van der Waals surface area contributed by atoms with Crippen molar-refractivity contribution < 1.29 is 19.1 Å². The van der Waals surface area contributed by atoms with Crippen LogP contribution in [0.25, 0.3) is 0 Å². The largest absolute Gasteiger partial charge is 0.469 e. The van der Waals surface area contributed by atoms with Gasteiger partial charge in [0, 0.05) is 6.04 Å². The van der Waals surface area contributed by atoms with E-state index in [-0.39, 0.29) is 12.4 Å². The molecular weight excluding hydrogens is 282 g/mol. The highest BCUT2D eigenvalue weighted by Crippen LogP contribution is 2.32. The molecule has 0 bridgehead atoms. The van der Waals surface area contributed by atoms with Gasteiger partial charge in [0.25, 0.3) is 0 Å². The number of methoxy groups -OCH3 is 2. The van der Waals surface area contributed by atoms with E-state index in [1.807, 2.05) is 0 Å². The number of carbonyl (C=O) groups excluding carboxylic acids is 2. The summed E-state index contributed by atoms with van der Waals surface area (Å²) in [5, 5.41) is 0. The first-order chi connectivity index (χ1) is 8.84. The van der Waals surface area contributed by atoms with E-state index in [2.05, 4.69) is 4.74 Å². The van der Waals surface area contributed by atoms with Gasteiger partial charge >= 0.3 is 11.9 Å². The molecule has 0 unspecified atom stereocenters. The summed E-state index contributed by atoms with van der Waals surface area (Å²) in [5.74, 6) is -0.839. The van der Waals surface area contributed by atoms with E-state index < -0.39 is 23.4 Å². The number of carbonyl (C=O) groups is 2. The summed E-state index contributed by atoms with van der Waals surface area (Å²) >= 11 is 0. The lowest BCUT2D eigenvalue weighted by Gasteiger charge is -2.29. The van der Waals surface area contributed by atoms with E-state index in [9.17, 15) is 9.59 Å². The molecule has 0 radical (unpaired) electrons. The Morgan fingerprint density at radius 2 is 1.80 bits per heavy atom. The van der Waals surface area contributed by atoms with Gasteiger partial charge in [0.1, 0.15) is 0 Å². The summed E-state index contributed by atoms with van der Waals surface area (Å²) in [7, 11) is 2.63. The fourth-order valence-corrected chi connectivity index (χ4v) is 1.78. The van der Waals surface area contributed by atoms with Crippen LogP contribution >= 0.6 is 12.4 Å². The summed E-state index contributed by atoms with van der Waals surface area (Å²) in [4.78, 5) is 23.2. The van der Waals surface area contributed by atoms with E-state index in [1.54, 1.807) is 38.1 Å². The number of hydrogen-bond acceptors (Lipinski definition) is 5. The van der Waals surface area contributed by atoms with Gasteiger partial charge in [-0.25, -0.2) is 4.79 Å². The summed E-state index contributed by atoms with van der Waals surface area (Å²) in [5.41, 5.74) is 6.30. The van der Waals surface area contributed by atoms with Gasteiger partial charge in [-0.1, -0.05) is 12.1 Å². The lowest BCUT2D eigenvalue weighted by molar-refractivity contribution is -0.152. The highest BCUT2D eigenvalue weighted by molar-refractivity contribution is 5.89. The van der Waals surface area contributed by atoms with Crippen molar-refractivity contribution >= 4 is 24.3 Å². The third-order valence-electron chi connectivity index (χ3n) is 3.16. The van der Waals surface area contributed by atoms with Crippen LogP contribution in [0.4, 0.5) is 0 Å². The Labute approximate surface area is 124 Å². The Bertz CT molecular complexity index is 488. The van der Waals surface area contributed by atoms with Crippen molar-refractivity contribution in [3.63, 3.8) is 0 Å². The molecule has 0 spiro atoms. The summed E-state index contributed by atoms with van der Waals surface area (Å²) in [6, 6.07) is 6.15. The first-order valence-electron chi connectivity index (χ1n) is 5.87. The smallest absolute Gasteiger partial charge is 0.337 e. The molecule has 0 saturated heterocycles. The molecule has 6 heteroatoms. The molecule has 0 aliphatic carbocycles. The molecule has 2 N–H and O–H groups in total. The maximum absolute atomic E-state index is 11.7. The van der Waals surface area contributed by atoms with Crippen LogP contribution in [0.2, 0.25) is 0 Å². The molecule has 20 heavy (non-hydrogen) atoms. The first kappa shape index (κ1) is 18.4. The molecule has 0 saturated carbocycles. The van der Waals surface area contributed by atoms with Crippen LogP contribution in [0.1, 0.15) is 35.8 Å². The minimum atomic E-state index is -0.885. The van der Waals surface area contributed by atoms with Gasteiger partial charge in [-0.15, -0.1) is 12.4 Å². The molecule has 1 rings (SSSR count). The van der Waals surface area contributed by atoms with E-state index in [0.717, 1.165) is 0 Å². The molecule has 0 aliphatic rings. The van der Waals surface area contributed by atoms with Crippen molar-refractivity contribution in [3.8, 4) is 0 Å². The van der Waals surface area contributed by atoms with Crippen molar-refractivity contribution in [2.24, 2.45) is 11.1 Å². The Balaban J connectivity index is 0.00000361. The molecule has 1 aromatic carbocycles. The van der Waals surface area contributed by atoms with Crippen molar-refractivity contribution in [1.29, 1.82) is 0 Å². The number of rotatable bonds is 4. The molecule has 0 heterocycles. The zero-order valence-electron chi connectivity index (χ0n) is 12.0. The molecule has 0 amide bonds. The number of nitrogens with two attached hydrogens (primary N) is 1. The first-order valence-corrected chi connectivity index (χ1v) is 5.87. The zero-order chi connectivity index (χ0) is 14.6. The third-order valence-corrected chi connectivity index (χ3v) is 3.16. The maximum Gasteiger partial charge on any atom is 0.337 e. The lowest BCUT2D eigenvalue weighted by Crippen LogP contribution is -2.37. The van der Waals surface area contributed by atoms with Crippen LogP contribution < -0.4 is 5.73 Å². The number of benzene rings is 1. The molecule has 0 aromatic heterocycles. The van der Waals surface area contributed by atoms with Gasteiger partial charge in [0.2, 0.25) is 0 Å². The van der Waals surface area contributed by atoms with E-state index in [4.69, 9.17) is 10.5 Å². The van der Waals surface area contributed by atoms with Gasteiger partial charge in [-0.05, 0) is 31.5 Å². The Morgan fingerprint density at radius 3 is 2.30 bits per heavy atom. The van der Waals surface area contributed by atoms with Gasteiger partial charge in [-0.3, -0.25) is 4.79 Å². The van der Waals surface area contributed by atoms with E-state index in [1.165, 1.54) is 14.2 Å². The van der Waals surface area contributed by atoms with E-state index >= 15 is 0 Å². The Hall–Kier alpha value is -1.59. The van der Waals surface area contributed by atoms with Crippen LogP contribution in [0.15, 0.2) is 24.3 Å². The number of halogens is 1. The summed E-state index contributed by atoms with van der Waals surface area (Å²) in [6.45, 7) is 3.41. The van der Waals surface area contributed by atoms with Crippen LogP contribution in [0, 0.1) is 5.41 Å². The molecule has 112 valence electrons. The average molecular weight is 302 g/mol. The Kier molecular flexibility index (Phi) is 6.68. The second kappa shape index (κ2) is 7.26. The quantitative estimate of drug-likeness (QED) is 0.862. The highest BCUT2D eigenvalue weighted by atomic mass is 35.5. The Morgan fingerprint density at radius 1 is 1.20 bits per heavy atom. The molecule has 0 aliphatic heterocycles. The second-order valence-electron chi connectivity index (χ2n) is 4.81.